The van der Waals surface area contributed by atoms with E-state index in [1.165, 1.54) is 0 Å². The minimum Gasteiger partial charge on any atom is -0.550 e. The van der Waals surface area contributed by atoms with Crippen LogP contribution in [0.3, 0.4) is 0 Å². The second-order valence-electron chi connectivity index (χ2n) is 5.10. The average molecular weight is 221 g/mol. The van der Waals surface area contributed by atoms with E-state index in [9.17, 15) is 15.0 Å². The van der Waals surface area contributed by atoms with E-state index in [4.69, 9.17) is 0 Å². The van der Waals surface area contributed by atoms with Crippen LogP contribution in [0.25, 0.3) is 0 Å². The van der Waals surface area contributed by atoms with Crippen molar-refractivity contribution in [2.75, 3.05) is 0 Å². The minimum atomic E-state index is -1.18. The monoisotopic (exact) mass is 221 g/mol. The highest BCUT2D eigenvalue weighted by atomic mass is 16.4. The fraction of sp³-hybridized carbons (Fsp3) is 0.462. The molecule has 16 heavy (non-hydrogen) atoms. The van der Waals surface area contributed by atoms with Gasteiger partial charge < -0.3 is 15.0 Å². The second kappa shape index (κ2) is 4.16. The Balaban J connectivity index is 3.27. The van der Waals surface area contributed by atoms with Gasteiger partial charge in [-0.2, -0.15) is 0 Å². The third-order valence-corrected chi connectivity index (χ3v) is 2.58. The highest BCUT2D eigenvalue weighted by Crippen LogP contribution is 2.30. The van der Waals surface area contributed by atoms with Gasteiger partial charge in [0.1, 0.15) is 5.75 Å². The summed E-state index contributed by atoms with van der Waals surface area (Å²) in [5.41, 5.74) is 2.06. The number of phenolic OH excluding ortho intramolecular Hbond substituents is 1. The summed E-state index contributed by atoms with van der Waals surface area (Å²) in [6, 6.07) is 3.62. The number of carboxylic acids is 1. The SMILES string of the molecule is Cc1cc(C(C)(C)C)cc(CC(=O)[O-])c1O. The van der Waals surface area contributed by atoms with Crippen LogP contribution in [-0.2, 0) is 16.6 Å². The van der Waals surface area contributed by atoms with Gasteiger partial charge in [0, 0.05) is 18.0 Å². The molecule has 3 heteroatoms. The van der Waals surface area contributed by atoms with Crippen molar-refractivity contribution < 1.29 is 15.0 Å². The number of hydrogen-bond acceptors (Lipinski definition) is 3. The van der Waals surface area contributed by atoms with Gasteiger partial charge in [0.25, 0.3) is 0 Å². The van der Waals surface area contributed by atoms with Crippen LogP contribution in [0.15, 0.2) is 12.1 Å². The molecule has 0 unspecified atom stereocenters. The summed E-state index contributed by atoms with van der Waals surface area (Å²) in [7, 11) is 0. The van der Waals surface area contributed by atoms with E-state index in [1.807, 2.05) is 26.8 Å². The van der Waals surface area contributed by atoms with Crippen LogP contribution in [0.4, 0.5) is 0 Å². The largest absolute Gasteiger partial charge is 0.550 e. The predicted octanol–water partition coefficient (Wildman–Crippen LogP) is 1.29. The van der Waals surface area contributed by atoms with E-state index in [0.717, 1.165) is 5.56 Å². The van der Waals surface area contributed by atoms with Crippen molar-refractivity contribution in [3.05, 3.63) is 28.8 Å². The second-order valence-corrected chi connectivity index (χ2v) is 5.10. The molecule has 0 bridgehead atoms. The minimum absolute atomic E-state index is 0.0530. The van der Waals surface area contributed by atoms with Crippen molar-refractivity contribution in [1.82, 2.24) is 0 Å². The van der Waals surface area contributed by atoms with Crippen molar-refractivity contribution in [3.8, 4) is 5.75 Å². The number of carboxylic acid groups (broad SMARTS) is 1. The summed E-state index contributed by atoms with van der Waals surface area (Å²) in [4.78, 5) is 10.6. The van der Waals surface area contributed by atoms with Gasteiger partial charge in [0.2, 0.25) is 0 Å². The van der Waals surface area contributed by atoms with E-state index in [2.05, 4.69) is 0 Å². The Kier molecular flexibility index (Phi) is 3.27. The normalized spacial score (nSPS) is 11.5. The molecule has 0 aliphatic heterocycles. The Bertz CT molecular complexity index is 414. The van der Waals surface area contributed by atoms with Crippen molar-refractivity contribution in [2.45, 2.75) is 39.5 Å². The predicted molar refractivity (Wildman–Crippen MR) is 60.3 cm³/mol. The van der Waals surface area contributed by atoms with Crippen LogP contribution in [0, 0.1) is 6.92 Å². The molecule has 88 valence electrons. The number of aromatic hydroxyl groups is 1. The molecule has 0 heterocycles. The molecule has 1 aromatic rings. The first-order valence-corrected chi connectivity index (χ1v) is 5.24. The molecule has 0 fully saturated rings. The van der Waals surface area contributed by atoms with Crippen molar-refractivity contribution in [1.29, 1.82) is 0 Å². The zero-order chi connectivity index (χ0) is 12.5. The third-order valence-electron chi connectivity index (χ3n) is 2.58. The van der Waals surface area contributed by atoms with Gasteiger partial charge in [-0.25, -0.2) is 0 Å². The Morgan fingerprint density at radius 3 is 2.38 bits per heavy atom. The molecule has 0 saturated heterocycles. The molecule has 0 spiro atoms. The quantitative estimate of drug-likeness (QED) is 0.818. The van der Waals surface area contributed by atoms with Crippen LogP contribution < -0.4 is 5.11 Å². The first kappa shape index (κ1) is 12.6. The summed E-state index contributed by atoms with van der Waals surface area (Å²) in [6.07, 6.45) is -0.253. The third kappa shape index (κ3) is 2.75. The van der Waals surface area contributed by atoms with Gasteiger partial charge in [-0.1, -0.05) is 32.9 Å². The topological polar surface area (TPSA) is 60.4 Å². The molecule has 1 rings (SSSR count). The van der Waals surface area contributed by atoms with Crippen molar-refractivity contribution >= 4 is 5.97 Å². The Morgan fingerprint density at radius 1 is 1.38 bits per heavy atom. The number of carbonyl (C=O) groups is 1. The molecule has 0 radical (unpaired) electrons. The number of hydrogen-bond donors (Lipinski definition) is 1. The van der Waals surface area contributed by atoms with E-state index in [1.54, 1.807) is 13.0 Å². The van der Waals surface area contributed by atoms with E-state index < -0.39 is 5.97 Å². The molecule has 0 aromatic heterocycles. The lowest BCUT2D eigenvalue weighted by Gasteiger charge is -2.21. The fourth-order valence-electron chi connectivity index (χ4n) is 1.58. The van der Waals surface area contributed by atoms with Gasteiger partial charge in [0.05, 0.1) is 0 Å². The number of benzene rings is 1. The number of carbonyl (C=O) groups excluding carboxylic acids is 1. The Morgan fingerprint density at radius 2 is 1.94 bits per heavy atom. The fourth-order valence-corrected chi connectivity index (χ4v) is 1.58. The molecule has 1 N–H and O–H groups in total. The smallest absolute Gasteiger partial charge is 0.122 e. The highest BCUT2D eigenvalue weighted by molar-refractivity contribution is 5.69. The summed E-state index contributed by atoms with van der Waals surface area (Å²) in [5.74, 6) is -1.13. The Labute approximate surface area is 95.7 Å². The number of rotatable bonds is 2. The average Bonchev–Trinajstić information content (AvgIpc) is 2.10. The molecular weight excluding hydrogens is 204 g/mol. The summed E-state index contributed by atoms with van der Waals surface area (Å²) < 4.78 is 0. The lowest BCUT2D eigenvalue weighted by Crippen LogP contribution is -2.24. The zero-order valence-electron chi connectivity index (χ0n) is 10.1. The highest BCUT2D eigenvalue weighted by Gasteiger charge is 2.17. The first-order valence-electron chi connectivity index (χ1n) is 5.24. The summed E-state index contributed by atoms with van der Waals surface area (Å²) in [6.45, 7) is 7.90. The van der Waals surface area contributed by atoms with Gasteiger partial charge in [-0.15, -0.1) is 0 Å². The molecule has 0 amide bonds. The standard InChI is InChI=1S/C13H18O3/c1-8-5-10(13(2,3)4)6-9(12(8)16)7-11(14)15/h5-6,16H,7H2,1-4H3,(H,14,15)/p-1. The maximum absolute atomic E-state index is 10.6. The number of aliphatic carboxylic acids is 1. The van der Waals surface area contributed by atoms with Crippen LogP contribution in [0.5, 0.6) is 5.75 Å². The molecule has 0 saturated carbocycles. The van der Waals surface area contributed by atoms with Crippen LogP contribution >= 0.6 is 0 Å². The molecule has 0 aliphatic rings. The lowest BCUT2D eigenvalue weighted by atomic mass is 9.84. The van der Waals surface area contributed by atoms with Gasteiger partial charge in [0.15, 0.2) is 0 Å². The summed E-state index contributed by atoms with van der Waals surface area (Å²) >= 11 is 0. The maximum Gasteiger partial charge on any atom is 0.122 e. The van der Waals surface area contributed by atoms with Gasteiger partial charge in [-0.3, -0.25) is 0 Å². The van der Waals surface area contributed by atoms with Crippen LogP contribution in [0.1, 0.15) is 37.5 Å². The zero-order valence-corrected chi connectivity index (χ0v) is 10.1. The molecular formula is C13H17O3-. The van der Waals surface area contributed by atoms with Crippen molar-refractivity contribution in [2.24, 2.45) is 0 Å². The van der Waals surface area contributed by atoms with E-state index in [-0.39, 0.29) is 17.6 Å². The van der Waals surface area contributed by atoms with Gasteiger partial charge in [-0.05, 0) is 23.5 Å². The lowest BCUT2D eigenvalue weighted by molar-refractivity contribution is -0.304. The van der Waals surface area contributed by atoms with E-state index in [0.29, 0.717) is 11.1 Å². The van der Waals surface area contributed by atoms with Crippen molar-refractivity contribution in [3.63, 3.8) is 0 Å². The van der Waals surface area contributed by atoms with Gasteiger partial charge >= 0.3 is 0 Å². The summed E-state index contributed by atoms with van der Waals surface area (Å²) in [5, 5.41) is 20.3. The first-order chi connectivity index (χ1) is 7.21. The van der Waals surface area contributed by atoms with E-state index >= 15 is 0 Å². The van der Waals surface area contributed by atoms with Crippen LogP contribution in [-0.4, -0.2) is 11.1 Å². The maximum atomic E-state index is 10.6. The number of phenols is 1. The molecule has 1 aromatic carbocycles. The molecule has 0 aliphatic carbocycles. The Hall–Kier alpha value is -1.51. The van der Waals surface area contributed by atoms with Crippen LogP contribution in [0.2, 0.25) is 0 Å². The molecule has 0 atom stereocenters. The number of aryl methyl sites for hydroxylation is 1. The molecule has 3 nitrogen and oxygen atoms in total.